The van der Waals surface area contributed by atoms with Crippen molar-refractivity contribution >= 4 is 22.2 Å². The molecule has 0 N–H and O–H groups in total. The Bertz CT molecular complexity index is 1110. The summed E-state index contributed by atoms with van der Waals surface area (Å²) in [5.41, 5.74) is 3.00. The summed E-state index contributed by atoms with van der Waals surface area (Å²) in [6, 6.07) is 7.67. The van der Waals surface area contributed by atoms with Crippen LogP contribution >= 0.6 is 11.3 Å². The van der Waals surface area contributed by atoms with E-state index in [0.717, 1.165) is 48.1 Å². The van der Waals surface area contributed by atoms with Gasteiger partial charge in [0.1, 0.15) is 5.75 Å². The minimum absolute atomic E-state index is 0.0418. The molecule has 1 saturated heterocycles. The molecule has 3 aromatic rings. The molecule has 29 heavy (non-hydrogen) atoms. The molecule has 0 saturated carbocycles. The zero-order valence-electron chi connectivity index (χ0n) is 16.0. The fourth-order valence-corrected chi connectivity index (χ4v) is 4.73. The molecule has 7 nitrogen and oxygen atoms in total. The van der Waals surface area contributed by atoms with Crippen LogP contribution in [-0.4, -0.2) is 57.9 Å². The highest BCUT2D eigenvalue weighted by atomic mass is 32.1. The van der Waals surface area contributed by atoms with Crippen LogP contribution < -0.4 is 10.3 Å². The number of benzene rings is 1. The standard InChI is InChI=1S/C21H22N4O3S/c26-19(12-15-1-2-18-16(11-15)3-9-28-18)24-6-4-23(5-7-24)14-17-13-20(27)25-8-10-29-21(25)22-17/h1-2,8,10-11,13H,3-7,9,12,14H2. The molecule has 2 aliphatic heterocycles. The Kier molecular flexibility index (Phi) is 4.81. The van der Waals surface area contributed by atoms with Gasteiger partial charge >= 0.3 is 0 Å². The van der Waals surface area contributed by atoms with Gasteiger partial charge in [0.25, 0.3) is 5.56 Å². The second-order valence-electron chi connectivity index (χ2n) is 7.52. The van der Waals surface area contributed by atoms with Crippen molar-refractivity contribution in [1.82, 2.24) is 19.2 Å². The normalized spacial score (nSPS) is 16.8. The van der Waals surface area contributed by atoms with Crippen LogP contribution in [0.15, 0.2) is 40.6 Å². The van der Waals surface area contributed by atoms with Crippen LogP contribution in [0.2, 0.25) is 0 Å². The summed E-state index contributed by atoms with van der Waals surface area (Å²) in [6.45, 7) is 4.34. The monoisotopic (exact) mass is 410 g/mol. The van der Waals surface area contributed by atoms with E-state index in [4.69, 9.17) is 4.74 Å². The number of piperazine rings is 1. The molecule has 1 aromatic carbocycles. The number of nitrogens with zero attached hydrogens (tertiary/aromatic N) is 4. The van der Waals surface area contributed by atoms with E-state index in [2.05, 4.69) is 16.0 Å². The predicted octanol–water partition coefficient (Wildman–Crippen LogP) is 1.58. The maximum absolute atomic E-state index is 12.7. The van der Waals surface area contributed by atoms with Crippen LogP contribution in [0.4, 0.5) is 0 Å². The summed E-state index contributed by atoms with van der Waals surface area (Å²) >= 11 is 1.46. The lowest BCUT2D eigenvalue weighted by atomic mass is 10.1. The van der Waals surface area contributed by atoms with Crippen molar-refractivity contribution in [1.29, 1.82) is 0 Å². The lowest BCUT2D eigenvalue weighted by Crippen LogP contribution is -2.48. The van der Waals surface area contributed by atoms with Gasteiger partial charge in [0.15, 0.2) is 4.96 Å². The van der Waals surface area contributed by atoms with Gasteiger partial charge in [-0.15, -0.1) is 11.3 Å². The molecule has 8 heteroatoms. The molecule has 4 heterocycles. The highest BCUT2D eigenvalue weighted by Gasteiger charge is 2.22. The Morgan fingerprint density at radius 3 is 2.90 bits per heavy atom. The minimum Gasteiger partial charge on any atom is -0.493 e. The van der Waals surface area contributed by atoms with Crippen molar-refractivity contribution < 1.29 is 9.53 Å². The van der Waals surface area contributed by atoms with Crippen LogP contribution in [0.1, 0.15) is 16.8 Å². The van der Waals surface area contributed by atoms with Crippen molar-refractivity contribution in [2.45, 2.75) is 19.4 Å². The summed E-state index contributed by atoms with van der Waals surface area (Å²) < 4.78 is 7.10. The van der Waals surface area contributed by atoms with Gasteiger partial charge in [-0.25, -0.2) is 4.98 Å². The second kappa shape index (κ2) is 7.61. The van der Waals surface area contributed by atoms with Crippen LogP contribution in [0.5, 0.6) is 5.75 Å². The first-order chi connectivity index (χ1) is 14.2. The van der Waals surface area contributed by atoms with Gasteiger partial charge in [0.05, 0.1) is 18.7 Å². The number of carbonyl (C=O) groups excluding carboxylic acids is 1. The Hall–Kier alpha value is -2.71. The molecule has 0 radical (unpaired) electrons. The first-order valence-corrected chi connectivity index (χ1v) is 10.7. The first-order valence-electron chi connectivity index (χ1n) is 9.86. The van der Waals surface area contributed by atoms with E-state index in [1.807, 2.05) is 22.4 Å². The van der Waals surface area contributed by atoms with Crippen molar-refractivity contribution in [2.75, 3.05) is 32.8 Å². The highest BCUT2D eigenvalue weighted by Crippen LogP contribution is 2.26. The zero-order valence-corrected chi connectivity index (χ0v) is 16.9. The van der Waals surface area contributed by atoms with Gasteiger partial charge in [0.2, 0.25) is 5.91 Å². The second-order valence-corrected chi connectivity index (χ2v) is 8.39. The van der Waals surface area contributed by atoms with E-state index >= 15 is 0 Å². The summed E-state index contributed by atoms with van der Waals surface area (Å²) in [5, 5.41) is 1.87. The SMILES string of the molecule is O=C(Cc1ccc2c(c1)CCO2)N1CCN(Cc2cc(=O)n3ccsc3n2)CC1. The van der Waals surface area contributed by atoms with Crippen LogP contribution in [0.3, 0.4) is 0 Å². The molecule has 0 spiro atoms. The highest BCUT2D eigenvalue weighted by molar-refractivity contribution is 7.15. The van der Waals surface area contributed by atoms with E-state index in [1.165, 1.54) is 16.9 Å². The Morgan fingerprint density at radius 2 is 2.03 bits per heavy atom. The maximum Gasteiger partial charge on any atom is 0.258 e. The number of rotatable bonds is 4. The minimum atomic E-state index is -0.0418. The number of carbonyl (C=O) groups is 1. The lowest BCUT2D eigenvalue weighted by Gasteiger charge is -2.34. The third-order valence-corrected chi connectivity index (χ3v) is 6.33. The van der Waals surface area contributed by atoms with Crippen LogP contribution in [0.25, 0.3) is 4.96 Å². The van der Waals surface area contributed by atoms with E-state index in [-0.39, 0.29) is 11.5 Å². The summed E-state index contributed by atoms with van der Waals surface area (Å²) in [4.78, 5) is 34.3. The Balaban J connectivity index is 1.17. The van der Waals surface area contributed by atoms with E-state index in [1.54, 1.807) is 16.7 Å². The molecule has 2 aromatic heterocycles. The number of amides is 1. The van der Waals surface area contributed by atoms with E-state index < -0.39 is 0 Å². The third kappa shape index (κ3) is 3.77. The molecule has 5 rings (SSSR count). The fraction of sp³-hybridized carbons (Fsp3) is 0.381. The summed E-state index contributed by atoms with van der Waals surface area (Å²) in [5.74, 6) is 1.11. The predicted molar refractivity (Wildman–Crippen MR) is 111 cm³/mol. The van der Waals surface area contributed by atoms with Crippen LogP contribution in [-0.2, 0) is 24.2 Å². The van der Waals surface area contributed by atoms with Gasteiger partial charge in [-0.05, 0) is 17.2 Å². The zero-order chi connectivity index (χ0) is 19.8. The van der Waals surface area contributed by atoms with Gasteiger partial charge in [-0.3, -0.25) is 18.9 Å². The average Bonchev–Trinajstić information content (AvgIpc) is 3.37. The van der Waals surface area contributed by atoms with Gasteiger partial charge in [-0.2, -0.15) is 0 Å². The number of thiazole rings is 1. The van der Waals surface area contributed by atoms with Gasteiger partial charge < -0.3 is 9.64 Å². The van der Waals surface area contributed by atoms with Crippen molar-refractivity contribution in [3.63, 3.8) is 0 Å². The van der Waals surface area contributed by atoms with Crippen molar-refractivity contribution in [3.05, 3.63) is 63.0 Å². The van der Waals surface area contributed by atoms with E-state index in [9.17, 15) is 9.59 Å². The number of aromatic nitrogens is 2. The number of ether oxygens (including phenoxy) is 1. The smallest absolute Gasteiger partial charge is 0.258 e. The van der Waals surface area contributed by atoms with Gasteiger partial charge in [-0.1, -0.05) is 12.1 Å². The quantitative estimate of drug-likeness (QED) is 0.653. The molecule has 0 bridgehead atoms. The lowest BCUT2D eigenvalue weighted by molar-refractivity contribution is -0.132. The molecule has 0 atom stereocenters. The maximum atomic E-state index is 12.7. The van der Waals surface area contributed by atoms with Crippen LogP contribution in [0, 0.1) is 0 Å². The van der Waals surface area contributed by atoms with Gasteiger partial charge in [0, 0.05) is 56.8 Å². The third-order valence-electron chi connectivity index (χ3n) is 5.58. The number of fused-ring (bicyclic) bond motifs is 2. The molecule has 150 valence electrons. The van der Waals surface area contributed by atoms with Crippen molar-refractivity contribution in [2.24, 2.45) is 0 Å². The molecule has 1 fully saturated rings. The molecular weight excluding hydrogens is 388 g/mol. The van der Waals surface area contributed by atoms with E-state index in [0.29, 0.717) is 26.1 Å². The number of hydrogen-bond donors (Lipinski definition) is 0. The fourth-order valence-electron chi connectivity index (χ4n) is 3.99. The summed E-state index contributed by atoms with van der Waals surface area (Å²) in [6.07, 6.45) is 3.10. The van der Waals surface area contributed by atoms with Crippen molar-refractivity contribution in [3.8, 4) is 5.75 Å². The summed E-state index contributed by atoms with van der Waals surface area (Å²) in [7, 11) is 0. The molecule has 2 aliphatic rings. The Morgan fingerprint density at radius 1 is 1.17 bits per heavy atom. The average molecular weight is 410 g/mol. The Labute approximate surface area is 172 Å². The molecule has 1 amide bonds. The topological polar surface area (TPSA) is 67.2 Å². The molecule has 0 unspecified atom stereocenters. The molecular formula is C21H22N4O3S. The first kappa shape index (κ1) is 18.3. The largest absolute Gasteiger partial charge is 0.493 e. The number of hydrogen-bond acceptors (Lipinski definition) is 6. The molecule has 0 aliphatic carbocycles.